The highest BCUT2D eigenvalue weighted by Crippen LogP contribution is 2.40. The molecule has 144 valence electrons. The van der Waals surface area contributed by atoms with E-state index in [-0.39, 0.29) is 17.5 Å². The van der Waals surface area contributed by atoms with Crippen LogP contribution in [0.1, 0.15) is 54.1 Å². The van der Waals surface area contributed by atoms with Gasteiger partial charge in [-0.1, -0.05) is 19.8 Å². The van der Waals surface area contributed by atoms with Gasteiger partial charge in [0, 0.05) is 5.56 Å². The maximum atomic E-state index is 13.5. The molecule has 0 radical (unpaired) electrons. The number of carbonyl (C=O) groups is 1. The molecule has 0 unspecified atom stereocenters. The van der Waals surface area contributed by atoms with E-state index in [4.69, 9.17) is 11.5 Å². The number of nitrogens with zero attached hydrogens (tertiary/aromatic N) is 1. The number of hydrogen-bond donors (Lipinski definition) is 2. The fourth-order valence-electron chi connectivity index (χ4n) is 3.13. The van der Waals surface area contributed by atoms with E-state index in [9.17, 15) is 26.4 Å². The van der Waals surface area contributed by atoms with Crippen LogP contribution in [0.2, 0.25) is 0 Å². The van der Waals surface area contributed by atoms with Gasteiger partial charge in [0.25, 0.3) is 5.91 Å². The van der Waals surface area contributed by atoms with Crippen molar-refractivity contribution in [1.82, 2.24) is 0 Å². The molecule has 0 heterocycles. The van der Waals surface area contributed by atoms with Gasteiger partial charge < -0.3 is 11.5 Å². The highest BCUT2D eigenvalue weighted by atomic mass is 32.2. The van der Waals surface area contributed by atoms with E-state index in [1.807, 2.05) is 0 Å². The zero-order valence-corrected chi connectivity index (χ0v) is 15.0. The average Bonchev–Trinajstić information content (AvgIpc) is 3.07. The van der Waals surface area contributed by atoms with Gasteiger partial charge in [-0.15, -0.1) is 0 Å². The number of aliphatic imine (C=N–C) groups is 1. The van der Waals surface area contributed by atoms with Gasteiger partial charge in [-0.2, -0.15) is 18.2 Å². The van der Waals surface area contributed by atoms with Crippen molar-refractivity contribution in [3.8, 4) is 0 Å². The molecule has 0 aliphatic heterocycles. The first-order chi connectivity index (χ1) is 12.0. The monoisotopic (exact) mass is 391 g/mol. The van der Waals surface area contributed by atoms with E-state index < -0.39 is 43.6 Å². The van der Waals surface area contributed by atoms with Crippen molar-refractivity contribution < 1.29 is 26.4 Å². The molecule has 10 heteroatoms. The summed E-state index contributed by atoms with van der Waals surface area (Å²) < 4.78 is 66.2. The van der Waals surface area contributed by atoms with Crippen molar-refractivity contribution in [2.24, 2.45) is 16.5 Å². The average molecular weight is 391 g/mol. The fraction of sp³-hybridized carbons (Fsp3) is 0.500. The molecule has 0 bridgehead atoms. The van der Waals surface area contributed by atoms with Crippen LogP contribution >= 0.6 is 0 Å². The third-order valence-corrected chi connectivity index (χ3v) is 6.70. The van der Waals surface area contributed by atoms with Gasteiger partial charge in [0.1, 0.15) is 0 Å². The summed E-state index contributed by atoms with van der Waals surface area (Å²) >= 11 is 0. The summed E-state index contributed by atoms with van der Waals surface area (Å²) in [5, 5.41) is -0.840. The van der Waals surface area contributed by atoms with Gasteiger partial charge in [-0.25, -0.2) is 8.42 Å². The molecule has 0 spiro atoms. The maximum absolute atomic E-state index is 13.5. The summed E-state index contributed by atoms with van der Waals surface area (Å²) in [6, 6.07) is 1.47. The second kappa shape index (κ2) is 7.26. The maximum Gasteiger partial charge on any atom is 0.417 e. The van der Waals surface area contributed by atoms with Crippen LogP contribution in [0.3, 0.4) is 0 Å². The van der Waals surface area contributed by atoms with Crippen LogP contribution in [0.5, 0.6) is 0 Å². The molecule has 1 aliphatic rings. The van der Waals surface area contributed by atoms with Crippen LogP contribution < -0.4 is 11.5 Å². The molecule has 0 aromatic heterocycles. The van der Waals surface area contributed by atoms with E-state index in [0.717, 1.165) is 6.07 Å². The normalized spacial score (nSPS) is 15.8. The molecule has 1 fully saturated rings. The first-order valence-corrected chi connectivity index (χ1v) is 9.65. The Hall–Kier alpha value is -2.10. The standard InChI is InChI=1S/C16H20F3N3O3S/c1-2-9-7-13(26(24,25)10-5-3-4-6-10)12(16(17,18)19)8-11(9)14(23)22-15(20)21/h7-8,10H,2-6H2,1H3,(H4,20,21,22,23). The van der Waals surface area contributed by atoms with E-state index in [0.29, 0.717) is 31.7 Å². The lowest BCUT2D eigenvalue weighted by Gasteiger charge is -2.19. The number of halogens is 3. The number of carbonyl (C=O) groups excluding carboxylic acids is 1. The van der Waals surface area contributed by atoms with Crippen molar-refractivity contribution in [2.45, 2.75) is 55.3 Å². The molecule has 2 rings (SSSR count). The summed E-state index contributed by atoms with van der Waals surface area (Å²) in [4.78, 5) is 14.5. The summed E-state index contributed by atoms with van der Waals surface area (Å²) in [7, 11) is -4.17. The lowest BCUT2D eigenvalue weighted by atomic mass is 10.0. The number of nitrogens with two attached hydrogens (primary N) is 2. The Morgan fingerprint density at radius 1 is 1.23 bits per heavy atom. The SMILES string of the molecule is CCc1cc(S(=O)(=O)C2CCCC2)c(C(F)(F)F)cc1C(=O)N=C(N)N. The van der Waals surface area contributed by atoms with Crippen LogP contribution in [0, 0.1) is 0 Å². The van der Waals surface area contributed by atoms with Crippen molar-refractivity contribution >= 4 is 21.7 Å². The third-order valence-electron chi connectivity index (χ3n) is 4.40. The Balaban J connectivity index is 2.73. The molecular weight excluding hydrogens is 371 g/mol. The summed E-state index contributed by atoms with van der Waals surface area (Å²) in [6.07, 6.45) is -2.82. The molecule has 1 aliphatic carbocycles. The zero-order chi connectivity index (χ0) is 19.7. The minimum absolute atomic E-state index is 0.143. The van der Waals surface area contributed by atoms with Crippen molar-refractivity contribution in [3.05, 3.63) is 28.8 Å². The third kappa shape index (κ3) is 4.00. The van der Waals surface area contributed by atoms with Gasteiger partial charge in [0.2, 0.25) is 0 Å². The second-order valence-electron chi connectivity index (χ2n) is 6.15. The van der Waals surface area contributed by atoms with E-state index in [1.165, 1.54) is 0 Å². The minimum atomic E-state index is -4.94. The Labute approximate surface area is 149 Å². The van der Waals surface area contributed by atoms with Crippen LogP contribution in [0.25, 0.3) is 0 Å². The molecule has 0 saturated heterocycles. The molecule has 4 N–H and O–H groups in total. The Kier molecular flexibility index (Phi) is 5.64. The number of sulfone groups is 1. The number of benzene rings is 1. The van der Waals surface area contributed by atoms with Gasteiger partial charge in [0.05, 0.1) is 15.7 Å². The lowest BCUT2D eigenvalue weighted by molar-refractivity contribution is -0.139. The minimum Gasteiger partial charge on any atom is -0.370 e. The fourth-order valence-corrected chi connectivity index (χ4v) is 5.23. The Morgan fingerprint density at radius 2 is 1.81 bits per heavy atom. The van der Waals surface area contributed by atoms with Crippen LogP contribution in [-0.2, 0) is 22.4 Å². The molecule has 1 saturated carbocycles. The number of hydrogen-bond acceptors (Lipinski definition) is 3. The van der Waals surface area contributed by atoms with E-state index in [2.05, 4.69) is 4.99 Å². The number of rotatable bonds is 4. The summed E-state index contributed by atoms with van der Waals surface area (Å²) in [5.41, 5.74) is 8.65. The predicted molar refractivity (Wildman–Crippen MR) is 90.4 cm³/mol. The second-order valence-corrected chi connectivity index (χ2v) is 8.35. The Bertz CT molecular complexity index is 838. The molecular formula is C16H20F3N3O3S. The molecule has 1 aromatic carbocycles. The lowest BCUT2D eigenvalue weighted by Crippen LogP contribution is -2.25. The largest absolute Gasteiger partial charge is 0.417 e. The molecule has 1 amide bonds. The highest BCUT2D eigenvalue weighted by Gasteiger charge is 2.41. The van der Waals surface area contributed by atoms with Crippen LogP contribution in [0.4, 0.5) is 13.2 Å². The summed E-state index contributed by atoms with van der Waals surface area (Å²) in [5.74, 6) is -1.63. The van der Waals surface area contributed by atoms with E-state index >= 15 is 0 Å². The van der Waals surface area contributed by atoms with Crippen molar-refractivity contribution in [3.63, 3.8) is 0 Å². The van der Waals surface area contributed by atoms with Gasteiger partial charge >= 0.3 is 6.18 Å². The molecule has 6 nitrogen and oxygen atoms in total. The van der Waals surface area contributed by atoms with Crippen LogP contribution in [-0.4, -0.2) is 25.5 Å². The first kappa shape index (κ1) is 20.2. The van der Waals surface area contributed by atoms with Gasteiger partial charge in [0.15, 0.2) is 15.8 Å². The van der Waals surface area contributed by atoms with E-state index in [1.54, 1.807) is 6.92 Å². The zero-order valence-electron chi connectivity index (χ0n) is 14.1. The first-order valence-electron chi connectivity index (χ1n) is 8.10. The predicted octanol–water partition coefficient (Wildman–Crippen LogP) is 2.40. The molecule has 0 atom stereocenters. The number of aryl methyl sites for hydroxylation is 1. The van der Waals surface area contributed by atoms with Gasteiger partial charge in [-0.05, 0) is 37.0 Å². The summed E-state index contributed by atoms with van der Waals surface area (Å²) in [6.45, 7) is 1.60. The van der Waals surface area contributed by atoms with Crippen molar-refractivity contribution in [1.29, 1.82) is 0 Å². The highest BCUT2D eigenvalue weighted by molar-refractivity contribution is 7.92. The van der Waals surface area contributed by atoms with Crippen molar-refractivity contribution in [2.75, 3.05) is 0 Å². The van der Waals surface area contributed by atoms with Gasteiger partial charge in [-0.3, -0.25) is 4.79 Å². The molecule has 1 aromatic rings. The topological polar surface area (TPSA) is 116 Å². The smallest absolute Gasteiger partial charge is 0.370 e. The Morgan fingerprint density at radius 3 is 2.27 bits per heavy atom. The molecule has 26 heavy (non-hydrogen) atoms. The number of guanidine groups is 1. The number of amides is 1. The van der Waals surface area contributed by atoms with Crippen LogP contribution in [0.15, 0.2) is 22.0 Å². The number of alkyl halides is 3. The quantitative estimate of drug-likeness (QED) is 0.604.